The Labute approximate surface area is 114 Å². The number of guanidine groups is 1. The highest BCUT2D eigenvalue weighted by atomic mass is 15.3. The molecule has 19 heavy (non-hydrogen) atoms. The molecule has 0 aliphatic heterocycles. The summed E-state index contributed by atoms with van der Waals surface area (Å²) in [5.41, 5.74) is 7.19. The standard InChI is InChI=1S/C13H24N6/c1-17(2)12(10-7-16-18(3)9-10)8-15-13(14)19(4)11-5-6-11/h7,9,11-12H,5-6,8H2,1-4H3,(H2,14,15). The van der Waals surface area contributed by atoms with Gasteiger partial charge in [0, 0.05) is 31.9 Å². The average Bonchev–Trinajstić information content (AvgIpc) is 3.11. The van der Waals surface area contributed by atoms with Gasteiger partial charge in [-0.2, -0.15) is 5.10 Å². The van der Waals surface area contributed by atoms with Crippen LogP contribution in [0.2, 0.25) is 0 Å². The Morgan fingerprint density at radius 1 is 1.53 bits per heavy atom. The number of nitrogens with zero attached hydrogens (tertiary/aromatic N) is 5. The Hall–Kier alpha value is -1.56. The van der Waals surface area contributed by atoms with Gasteiger partial charge in [0.15, 0.2) is 5.96 Å². The van der Waals surface area contributed by atoms with Gasteiger partial charge in [-0.3, -0.25) is 9.67 Å². The summed E-state index contributed by atoms with van der Waals surface area (Å²) in [6.07, 6.45) is 6.38. The molecule has 2 N–H and O–H groups in total. The van der Waals surface area contributed by atoms with Crippen LogP contribution < -0.4 is 5.73 Å². The number of hydrogen-bond acceptors (Lipinski definition) is 3. The molecule has 0 spiro atoms. The molecule has 1 heterocycles. The van der Waals surface area contributed by atoms with Gasteiger partial charge in [-0.25, -0.2) is 0 Å². The zero-order valence-electron chi connectivity index (χ0n) is 12.2. The van der Waals surface area contributed by atoms with Crippen LogP contribution in [0, 0.1) is 0 Å². The zero-order chi connectivity index (χ0) is 14.0. The molecule has 1 saturated carbocycles. The monoisotopic (exact) mass is 264 g/mol. The molecule has 1 fully saturated rings. The molecule has 0 saturated heterocycles. The lowest BCUT2D eigenvalue weighted by Crippen LogP contribution is -2.36. The van der Waals surface area contributed by atoms with Crippen molar-refractivity contribution >= 4 is 5.96 Å². The average molecular weight is 264 g/mol. The number of aromatic nitrogens is 2. The topological polar surface area (TPSA) is 62.7 Å². The maximum absolute atomic E-state index is 6.03. The highest BCUT2D eigenvalue weighted by molar-refractivity contribution is 5.78. The predicted molar refractivity (Wildman–Crippen MR) is 76.9 cm³/mol. The summed E-state index contributed by atoms with van der Waals surface area (Å²) in [6.45, 7) is 0.654. The zero-order valence-corrected chi connectivity index (χ0v) is 12.2. The molecule has 2 rings (SSSR count). The lowest BCUT2D eigenvalue weighted by molar-refractivity contribution is 0.305. The number of aryl methyl sites for hydroxylation is 1. The van der Waals surface area contributed by atoms with Gasteiger partial charge in [0.2, 0.25) is 0 Å². The smallest absolute Gasteiger partial charge is 0.191 e. The minimum absolute atomic E-state index is 0.208. The van der Waals surface area contributed by atoms with Gasteiger partial charge in [-0.1, -0.05) is 0 Å². The molecule has 1 aliphatic carbocycles. The Bertz CT molecular complexity index is 446. The number of nitrogens with two attached hydrogens (primary N) is 1. The predicted octanol–water partition coefficient (Wildman–Crippen LogP) is 0.432. The van der Waals surface area contributed by atoms with Gasteiger partial charge >= 0.3 is 0 Å². The molecule has 0 amide bonds. The minimum Gasteiger partial charge on any atom is -0.370 e. The van der Waals surface area contributed by atoms with E-state index in [1.165, 1.54) is 12.8 Å². The van der Waals surface area contributed by atoms with Gasteiger partial charge in [0.05, 0.1) is 18.8 Å². The lowest BCUT2D eigenvalue weighted by Gasteiger charge is -2.23. The van der Waals surface area contributed by atoms with Gasteiger partial charge in [0.1, 0.15) is 0 Å². The van der Waals surface area contributed by atoms with Gasteiger partial charge in [0.25, 0.3) is 0 Å². The molecule has 1 unspecified atom stereocenters. The van der Waals surface area contributed by atoms with Crippen molar-refractivity contribution in [2.24, 2.45) is 17.8 Å². The van der Waals surface area contributed by atoms with E-state index in [4.69, 9.17) is 5.73 Å². The molecule has 1 atom stereocenters. The van der Waals surface area contributed by atoms with E-state index in [9.17, 15) is 0 Å². The Kier molecular flexibility index (Phi) is 4.09. The molecular formula is C13H24N6. The second-order valence-corrected chi connectivity index (χ2v) is 5.47. The molecule has 0 radical (unpaired) electrons. The Morgan fingerprint density at radius 3 is 2.68 bits per heavy atom. The van der Waals surface area contributed by atoms with Crippen molar-refractivity contribution in [1.29, 1.82) is 0 Å². The molecule has 0 bridgehead atoms. The molecule has 1 aromatic rings. The van der Waals surface area contributed by atoms with Crippen molar-refractivity contribution in [3.05, 3.63) is 18.0 Å². The highest BCUT2D eigenvalue weighted by Crippen LogP contribution is 2.25. The van der Waals surface area contributed by atoms with Gasteiger partial charge < -0.3 is 15.5 Å². The first kappa shape index (κ1) is 13.9. The fourth-order valence-electron chi connectivity index (χ4n) is 2.12. The summed E-state index contributed by atoms with van der Waals surface area (Å²) in [7, 11) is 8.04. The summed E-state index contributed by atoms with van der Waals surface area (Å²) < 4.78 is 1.81. The van der Waals surface area contributed by atoms with E-state index in [0.29, 0.717) is 18.5 Å². The number of rotatable bonds is 5. The molecular weight excluding hydrogens is 240 g/mol. The summed E-state index contributed by atoms with van der Waals surface area (Å²) in [4.78, 5) is 8.76. The van der Waals surface area contributed by atoms with Crippen LogP contribution in [0.15, 0.2) is 17.4 Å². The summed E-state index contributed by atoms with van der Waals surface area (Å²) in [5, 5.41) is 4.22. The van der Waals surface area contributed by atoms with E-state index in [0.717, 1.165) is 5.56 Å². The van der Waals surface area contributed by atoms with E-state index < -0.39 is 0 Å². The van der Waals surface area contributed by atoms with Crippen LogP contribution in [0.25, 0.3) is 0 Å². The maximum atomic E-state index is 6.03. The van der Waals surface area contributed by atoms with E-state index in [2.05, 4.69) is 19.9 Å². The van der Waals surface area contributed by atoms with Crippen LogP contribution in [-0.2, 0) is 7.05 Å². The number of likely N-dealkylation sites (N-methyl/N-ethyl adjacent to an activating group) is 1. The third kappa shape index (κ3) is 3.47. The van der Waals surface area contributed by atoms with Crippen LogP contribution in [0.4, 0.5) is 0 Å². The van der Waals surface area contributed by atoms with E-state index >= 15 is 0 Å². The summed E-state index contributed by atoms with van der Waals surface area (Å²) in [5.74, 6) is 0.637. The first-order valence-corrected chi connectivity index (χ1v) is 6.66. The quantitative estimate of drug-likeness (QED) is 0.619. The van der Waals surface area contributed by atoms with Gasteiger partial charge in [-0.15, -0.1) is 0 Å². The molecule has 106 valence electrons. The third-order valence-corrected chi connectivity index (χ3v) is 3.62. The van der Waals surface area contributed by atoms with E-state index in [1.54, 1.807) is 0 Å². The second kappa shape index (κ2) is 5.61. The first-order valence-electron chi connectivity index (χ1n) is 6.66. The SMILES string of the molecule is CN(C)C(CN=C(N)N(C)C1CC1)c1cnn(C)c1. The van der Waals surface area contributed by atoms with Gasteiger partial charge in [-0.05, 0) is 26.9 Å². The highest BCUT2D eigenvalue weighted by Gasteiger charge is 2.27. The first-order chi connectivity index (χ1) is 8.99. The van der Waals surface area contributed by atoms with Crippen LogP contribution in [0.5, 0.6) is 0 Å². The second-order valence-electron chi connectivity index (χ2n) is 5.47. The largest absolute Gasteiger partial charge is 0.370 e. The summed E-state index contributed by atoms with van der Waals surface area (Å²) >= 11 is 0. The number of hydrogen-bond donors (Lipinski definition) is 1. The van der Waals surface area contributed by atoms with Crippen LogP contribution in [-0.4, -0.2) is 59.3 Å². The number of aliphatic imine (C=N–C) groups is 1. The van der Waals surface area contributed by atoms with Crippen molar-refractivity contribution in [2.45, 2.75) is 24.9 Å². The molecule has 6 heteroatoms. The fourth-order valence-corrected chi connectivity index (χ4v) is 2.12. The Balaban J connectivity index is 2.02. The molecule has 1 aliphatic rings. The fraction of sp³-hybridized carbons (Fsp3) is 0.692. The van der Waals surface area contributed by atoms with Crippen LogP contribution in [0.1, 0.15) is 24.4 Å². The molecule has 1 aromatic heterocycles. The Morgan fingerprint density at radius 2 is 2.21 bits per heavy atom. The van der Waals surface area contributed by atoms with Crippen molar-refractivity contribution in [3.8, 4) is 0 Å². The van der Waals surface area contributed by atoms with Crippen LogP contribution in [0.3, 0.4) is 0 Å². The van der Waals surface area contributed by atoms with Crippen molar-refractivity contribution in [1.82, 2.24) is 19.6 Å². The normalized spacial score (nSPS) is 17.8. The molecule has 6 nitrogen and oxygen atoms in total. The third-order valence-electron chi connectivity index (χ3n) is 3.62. The van der Waals surface area contributed by atoms with Crippen molar-refractivity contribution in [2.75, 3.05) is 27.7 Å². The van der Waals surface area contributed by atoms with E-state index in [1.807, 2.05) is 45.3 Å². The van der Waals surface area contributed by atoms with Crippen molar-refractivity contribution < 1.29 is 0 Å². The van der Waals surface area contributed by atoms with Crippen molar-refractivity contribution in [3.63, 3.8) is 0 Å². The van der Waals surface area contributed by atoms with E-state index in [-0.39, 0.29) is 6.04 Å². The molecule has 0 aromatic carbocycles. The maximum Gasteiger partial charge on any atom is 0.191 e. The minimum atomic E-state index is 0.208. The summed E-state index contributed by atoms with van der Waals surface area (Å²) in [6, 6.07) is 0.805. The van der Waals surface area contributed by atoms with Crippen LogP contribution >= 0.6 is 0 Å². The lowest BCUT2D eigenvalue weighted by atomic mass is 10.1.